The number of fused-ring (bicyclic) bond motifs is 1. The van der Waals surface area contributed by atoms with Crippen LogP contribution in [-0.4, -0.2) is 36.5 Å². The number of rotatable bonds is 6. The van der Waals surface area contributed by atoms with Crippen LogP contribution in [0.5, 0.6) is 17.2 Å². The summed E-state index contributed by atoms with van der Waals surface area (Å²) < 4.78 is 18.4. The second kappa shape index (κ2) is 9.31. The van der Waals surface area contributed by atoms with E-state index in [2.05, 4.69) is 5.32 Å². The number of carbonyl (C=O) groups excluding carboxylic acids is 1. The van der Waals surface area contributed by atoms with Crippen molar-refractivity contribution in [1.82, 2.24) is 15.1 Å². The van der Waals surface area contributed by atoms with Crippen molar-refractivity contribution in [3.8, 4) is 34.2 Å². The lowest BCUT2D eigenvalue weighted by atomic mass is 9.99. The minimum absolute atomic E-state index is 0.150. The molecular weight excluding hydrogens is 430 g/mol. The van der Waals surface area contributed by atoms with Crippen molar-refractivity contribution in [3.05, 3.63) is 90.1 Å². The van der Waals surface area contributed by atoms with Gasteiger partial charge in [0.25, 0.3) is 5.91 Å². The molecule has 0 aliphatic carbocycles. The highest BCUT2D eigenvalue weighted by Crippen LogP contribution is 2.36. The van der Waals surface area contributed by atoms with Gasteiger partial charge in [0.2, 0.25) is 0 Å². The minimum atomic E-state index is -0.211. The number of amides is 1. The average Bonchev–Trinajstić information content (AvgIpc) is 3.34. The summed E-state index contributed by atoms with van der Waals surface area (Å²) in [7, 11) is 3.19. The maximum Gasteiger partial charge on any atom is 0.255 e. The molecule has 1 aromatic heterocycles. The van der Waals surface area contributed by atoms with Crippen molar-refractivity contribution in [2.75, 3.05) is 20.8 Å². The molecule has 1 aliphatic rings. The first kappa shape index (κ1) is 21.6. The molecule has 1 unspecified atom stereocenters. The highest BCUT2D eigenvalue weighted by Gasteiger charge is 2.27. The SMILES string of the molecule is COc1ccc(-c2nn(-c3ccccc3)cc2C(=O)NC2CCOc3ccccc32)c(OC)c1. The Bertz CT molecular complexity index is 1320. The third-order valence-electron chi connectivity index (χ3n) is 5.91. The van der Waals surface area contributed by atoms with E-state index in [0.717, 1.165) is 17.0 Å². The molecule has 5 rings (SSSR count). The van der Waals surface area contributed by atoms with Gasteiger partial charge in [-0.1, -0.05) is 36.4 Å². The number of methoxy groups -OCH3 is 2. The summed E-state index contributed by atoms with van der Waals surface area (Å²) >= 11 is 0. The summed E-state index contributed by atoms with van der Waals surface area (Å²) in [5.41, 5.74) is 3.51. The lowest BCUT2D eigenvalue weighted by Gasteiger charge is -2.26. The molecule has 1 atom stereocenters. The van der Waals surface area contributed by atoms with Crippen molar-refractivity contribution in [2.45, 2.75) is 12.5 Å². The molecule has 172 valence electrons. The minimum Gasteiger partial charge on any atom is -0.497 e. The van der Waals surface area contributed by atoms with Crippen LogP contribution in [0.25, 0.3) is 16.9 Å². The summed E-state index contributed by atoms with van der Waals surface area (Å²) in [6, 6.07) is 22.8. The second-order valence-electron chi connectivity index (χ2n) is 7.94. The number of carbonyl (C=O) groups is 1. The third kappa shape index (κ3) is 4.08. The molecule has 4 aromatic rings. The van der Waals surface area contributed by atoms with E-state index in [1.807, 2.05) is 66.7 Å². The summed E-state index contributed by atoms with van der Waals surface area (Å²) in [5, 5.41) is 7.97. The molecule has 0 bridgehead atoms. The lowest BCUT2D eigenvalue weighted by Crippen LogP contribution is -2.32. The number of nitrogens with zero attached hydrogens (tertiary/aromatic N) is 2. The maximum atomic E-state index is 13.6. The predicted octanol–water partition coefficient (Wildman–Crippen LogP) is 4.81. The van der Waals surface area contributed by atoms with Gasteiger partial charge in [0.15, 0.2) is 0 Å². The molecule has 0 spiro atoms. The van der Waals surface area contributed by atoms with Crippen LogP contribution < -0.4 is 19.5 Å². The molecule has 2 heterocycles. The summed E-state index contributed by atoms with van der Waals surface area (Å²) in [4.78, 5) is 13.6. The normalized spacial score (nSPS) is 14.6. The van der Waals surface area contributed by atoms with Crippen LogP contribution >= 0.6 is 0 Å². The van der Waals surface area contributed by atoms with E-state index in [1.54, 1.807) is 31.2 Å². The van der Waals surface area contributed by atoms with Crippen LogP contribution in [0.2, 0.25) is 0 Å². The highest BCUT2D eigenvalue weighted by molar-refractivity contribution is 6.00. The van der Waals surface area contributed by atoms with E-state index in [1.165, 1.54) is 0 Å². The Morgan fingerprint density at radius 1 is 1.03 bits per heavy atom. The van der Waals surface area contributed by atoms with Crippen LogP contribution in [0.4, 0.5) is 0 Å². The Morgan fingerprint density at radius 3 is 2.62 bits per heavy atom. The quantitative estimate of drug-likeness (QED) is 0.452. The Kier molecular flexibility index (Phi) is 5.91. The first-order valence-electron chi connectivity index (χ1n) is 11.1. The van der Waals surface area contributed by atoms with Gasteiger partial charge in [0.05, 0.1) is 38.1 Å². The lowest BCUT2D eigenvalue weighted by molar-refractivity contribution is 0.0925. The fourth-order valence-electron chi connectivity index (χ4n) is 4.17. The molecule has 3 aromatic carbocycles. The molecule has 1 aliphatic heterocycles. The van der Waals surface area contributed by atoms with Gasteiger partial charge in [-0.05, 0) is 30.3 Å². The molecule has 7 heteroatoms. The maximum absolute atomic E-state index is 13.6. The molecule has 7 nitrogen and oxygen atoms in total. The number of nitrogens with one attached hydrogen (secondary N) is 1. The highest BCUT2D eigenvalue weighted by atomic mass is 16.5. The fraction of sp³-hybridized carbons (Fsp3) is 0.185. The van der Waals surface area contributed by atoms with Crippen LogP contribution in [0.15, 0.2) is 79.0 Å². The van der Waals surface area contributed by atoms with Gasteiger partial charge >= 0.3 is 0 Å². The van der Waals surface area contributed by atoms with Crippen molar-refractivity contribution in [3.63, 3.8) is 0 Å². The molecule has 1 N–H and O–H groups in total. The monoisotopic (exact) mass is 455 g/mol. The van der Waals surface area contributed by atoms with Gasteiger partial charge in [-0.15, -0.1) is 0 Å². The molecule has 0 saturated heterocycles. The molecule has 0 saturated carbocycles. The Balaban J connectivity index is 1.56. The van der Waals surface area contributed by atoms with Gasteiger partial charge < -0.3 is 19.5 Å². The standard InChI is InChI=1S/C27H25N3O4/c1-32-19-12-13-21(25(16-19)33-2)26-22(17-30(29-26)18-8-4-3-5-9-18)27(31)28-23-14-15-34-24-11-7-6-10-20(23)24/h3-13,16-17,23H,14-15H2,1-2H3,(H,28,31). The molecule has 34 heavy (non-hydrogen) atoms. The fourth-order valence-corrected chi connectivity index (χ4v) is 4.17. The Morgan fingerprint density at radius 2 is 1.82 bits per heavy atom. The molecule has 0 fully saturated rings. The zero-order valence-corrected chi connectivity index (χ0v) is 19.0. The van der Waals surface area contributed by atoms with Crippen molar-refractivity contribution >= 4 is 5.91 Å². The summed E-state index contributed by atoms with van der Waals surface area (Å²) in [6.45, 7) is 0.546. The van der Waals surface area contributed by atoms with Crippen molar-refractivity contribution in [1.29, 1.82) is 0 Å². The topological polar surface area (TPSA) is 74.6 Å². The van der Waals surface area contributed by atoms with E-state index < -0.39 is 0 Å². The number of hydrogen-bond acceptors (Lipinski definition) is 5. The van der Waals surface area contributed by atoms with Crippen molar-refractivity contribution in [2.24, 2.45) is 0 Å². The van der Waals surface area contributed by atoms with E-state index in [9.17, 15) is 4.79 Å². The summed E-state index contributed by atoms with van der Waals surface area (Å²) in [5.74, 6) is 1.82. The van der Waals surface area contributed by atoms with Crippen molar-refractivity contribution < 1.29 is 19.0 Å². The molecule has 1 amide bonds. The van der Waals surface area contributed by atoms with Gasteiger partial charge in [-0.25, -0.2) is 4.68 Å². The van der Waals surface area contributed by atoms with E-state index in [4.69, 9.17) is 19.3 Å². The third-order valence-corrected chi connectivity index (χ3v) is 5.91. The zero-order valence-electron chi connectivity index (χ0n) is 19.0. The number of ether oxygens (including phenoxy) is 3. The first-order valence-corrected chi connectivity index (χ1v) is 11.1. The van der Waals surface area contributed by atoms with Crippen LogP contribution in [-0.2, 0) is 0 Å². The van der Waals surface area contributed by atoms with E-state index >= 15 is 0 Å². The number of benzene rings is 3. The zero-order chi connectivity index (χ0) is 23.5. The summed E-state index contributed by atoms with van der Waals surface area (Å²) in [6.07, 6.45) is 2.45. The Labute approximate surface area is 197 Å². The largest absolute Gasteiger partial charge is 0.497 e. The number of para-hydroxylation sites is 2. The van der Waals surface area contributed by atoms with Gasteiger partial charge in [0.1, 0.15) is 22.9 Å². The van der Waals surface area contributed by atoms with Gasteiger partial charge in [-0.3, -0.25) is 4.79 Å². The van der Waals surface area contributed by atoms with E-state index in [-0.39, 0.29) is 11.9 Å². The second-order valence-corrected chi connectivity index (χ2v) is 7.94. The Hall–Kier alpha value is -4.26. The molecule has 0 radical (unpaired) electrons. The molecular formula is C27H25N3O4. The van der Waals surface area contributed by atoms with Crippen LogP contribution in [0.1, 0.15) is 28.4 Å². The predicted molar refractivity (Wildman–Crippen MR) is 129 cm³/mol. The smallest absolute Gasteiger partial charge is 0.255 e. The average molecular weight is 456 g/mol. The van der Waals surface area contributed by atoms with Crippen LogP contribution in [0, 0.1) is 0 Å². The van der Waals surface area contributed by atoms with Gasteiger partial charge in [0, 0.05) is 29.8 Å². The van der Waals surface area contributed by atoms with E-state index in [0.29, 0.717) is 41.3 Å². The number of aromatic nitrogens is 2. The van der Waals surface area contributed by atoms with Crippen LogP contribution in [0.3, 0.4) is 0 Å². The first-order chi connectivity index (χ1) is 16.7. The van der Waals surface area contributed by atoms with Gasteiger partial charge in [-0.2, -0.15) is 5.10 Å². The number of hydrogen-bond donors (Lipinski definition) is 1.